The molecule has 3 aliphatic rings. The van der Waals surface area contributed by atoms with E-state index in [0.717, 1.165) is 25.7 Å². The highest BCUT2D eigenvalue weighted by Gasteiger charge is 2.40. The molecular weight excluding hydrogens is 194 g/mol. The maximum atomic E-state index is 11.8. The predicted molar refractivity (Wildman–Crippen MR) is 54.2 cm³/mol. The van der Waals surface area contributed by atoms with E-state index in [4.69, 9.17) is 5.11 Å². The van der Waals surface area contributed by atoms with Gasteiger partial charge in [0.15, 0.2) is 0 Å². The van der Waals surface area contributed by atoms with E-state index in [1.807, 2.05) is 0 Å². The van der Waals surface area contributed by atoms with Gasteiger partial charge in [-0.15, -0.1) is 0 Å². The summed E-state index contributed by atoms with van der Waals surface area (Å²) < 4.78 is 0. The lowest BCUT2D eigenvalue weighted by Gasteiger charge is -2.44. The van der Waals surface area contributed by atoms with E-state index >= 15 is 0 Å². The first-order chi connectivity index (χ1) is 7.09. The molecule has 1 saturated carbocycles. The van der Waals surface area contributed by atoms with Gasteiger partial charge in [0.25, 0.3) is 0 Å². The van der Waals surface area contributed by atoms with Crippen LogP contribution in [0.15, 0.2) is 12.2 Å². The summed E-state index contributed by atoms with van der Waals surface area (Å²) in [5.41, 5.74) is 0.107. The summed E-state index contributed by atoms with van der Waals surface area (Å²) in [5, 5.41) is 8.73. The van der Waals surface area contributed by atoms with Crippen molar-refractivity contribution in [2.45, 2.75) is 31.7 Å². The number of carboxylic acids is 1. The van der Waals surface area contributed by atoms with Gasteiger partial charge in [-0.1, -0.05) is 6.58 Å². The molecular formula is C11H15NO3. The number of rotatable bonds is 3. The molecule has 2 bridgehead atoms. The largest absolute Gasteiger partial charge is 0.478 e. The Hall–Kier alpha value is -1.32. The molecule has 0 aromatic heterocycles. The van der Waals surface area contributed by atoms with Gasteiger partial charge in [0.1, 0.15) is 0 Å². The van der Waals surface area contributed by atoms with E-state index in [1.165, 1.54) is 0 Å². The summed E-state index contributed by atoms with van der Waals surface area (Å²) in [6.07, 6.45) is 3.98. The van der Waals surface area contributed by atoms with Crippen molar-refractivity contribution >= 4 is 11.9 Å². The van der Waals surface area contributed by atoms with Crippen molar-refractivity contribution < 1.29 is 14.7 Å². The third-order valence-corrected chi connectivity index (χ3v) is 3.43. The molecule has 2 aliphatic heterocycles. The van der Waals surface area contributed by atoms with Crippen LogP contribution in [0.25, 0.3) is 0 Å². The van der Waals surface area contributed by atoms with Crippen molar-refractivity contribution in [3.63, 3.8) is 0 Å². The Morgan fingerprint density at radius 3 is 2.47 bits per heavy atom. The minimum Gasteiger partial charge on any atom is -0.478 e. The lowest BCUT2D eigenvalue weighted by Crippen LogP contribution is -2.53. The van der Waals surface area contributed by atoms with Crippen molar-refractivity contribution in [2.24, 2.45) is 5.92 Å². The second kappa shape index (κ2) is 3.68. The van der Waals surface area contributed by atoms with Crippen molar-refractivity contribution in [3.8, 4) is 0 Å². The Morgan fingerprint density at radius 1 is 1.40 bits per heavy atom. The van der Waals surface area contributed by atoms with Crippen LogP contribution in [0.3, 0.4) is 0 Å². The van der Waals surface area contributed by atoms with Crippen LogP contribution in [-0.2, 0) is 9.59 Å². The molecule has 2 saturated heterocycles. The summed E-state index contributed by atoms with van der Waals surface area (Å²) in [4.78, 5) is 24.2. The average Bonchev–Trinajstić information content (AvgIpc) is 2.23. The molecule has 0 radical (unpaired) electrons. The van der Waals surface area contributed by atoms with Gasteiger partial charge < -0.3 is 10.0 Å². The molecule has 0 spiro atoms. The van der Waals surface area contributed by atoms with Crippen LogP contribution in [-0.4, -0.2) is 34.5 Å². The smallest absolute Gasteiger partial charge is 0.332 e. The lowest BCUT2D eigenvalue weighted by atomic mass is 9.79. The highest BCUT2D eigenvalue weighted by atomic mass is 16.4. The molecule has 4 nitrogen and oxygen atoms in total. The zero-order chi connectivity index (χ0) is 11.0. The van der Waals surface area contributed by atoms with Gasteiger partial charge in [-0.25, -0.2) is 4.79 Å². The maximum absolute atomic E-state index is 11.8. The number of nitrogens with zero attached hydrogens (tertiary/aromatic N) is 1. The second-order valence-electron chi connectivity index (χ2n) is 4.38. The normalized spacial score (nSPS) is 29.3. The molecule has 0 aromatic rings. The quantitative estimate of drug-likeness (QED) is 0.706. The summed E-state index contributed by atoms with van der Waals surface area (Å²) in [7, 11) is 0. The molecule has 4 heteroatoms. The van der Waals surface area contributed by atoms with Crippen molar-refractivity contribution in [2.75, 3.05) is 6.54 Å². The SMILES string of the molecule is C=C(CN1C(=O)C2CCC1CC2)C(=O)O. The van der Waals surface area contributed by atoms with Crippen LogP contribution >= 0.6 is 0 Å². The van der Waals surface area contributed by atoms with E-state index in [2.05, 4.69) is 6.58 Å². The topological polar surface area (TPSA) is 57.6 Å². The molecule has 1 amide bonds. The lowest BCUT2D eigenvalue weighted by molar-refractivity contribution is -0.146. The number of aliphatic carboxylic acids is 1. The molecule has 82 valence electrons. The first kappa shape index (κ1) is 10.2. The number of hydrogen-bond donors (Lipinski definition) is 1. The first-order valence-electron chi connectivity index (χ1n) is 5.31. The highest BCUT2D eigenvalue weighted by molar-refractivity contribution is 5.88. The summed E-state index contributed by atoms with van der Waals surface area (Å²) in [6, 6.07) is 0.249. The van der Waals surface area contributed by atoms with Crippen LogP contribution in [0.4, 0.5) is 0 Å². The molecule has 1 aliphatic carbocycles. The van der Waals surface area contributed by atoms with Gasteiger partial charge in [-0.2, -0.15) is 0 Å². The maximum Gasteiger partial charge on any atom is 0.332 e. The van der Waals surface area contributed by atoms with Crippen molar-refractivity contribution in [1.29, 1.82) is 0 Å². The van der Waals surface area contributed by atoms with E-state index in [-0.39, 0.29) is 30.0 Å². The van der Waals surface area contributed by atoms with Gasteiger partial charge in [-0.3, -0.25) is 4.79 Å². The highest BCUT2D eigenvalue weighted by Crippen LogP contribution is 2.35. The van der Waals surface area contributed by atoms with E-state index in [0.29, 0.717) is 0 Å². The van der Waals surface area contributed by atoms with Crippen LogP contribution in [0, 0.1) is 5.92 Å². The Kier molecular flexibility index (Phi) is 2.50. The van der Waals surface area contributed by atoms with E-state index < -0.39 is 5.97 Å². The number of amides is 1. The van der Waals surface area contributed by atoms with E-state index in [9.17, 15) is 9.59 Å². The van der Waals surface area contributed by atoms with Gasteiger partial charge in [0.05, 0.1) is 6.54 Å². The van der Waals surface area contributed by atoms with Gasteiger partial charge in [-0.05, 0) is 25.7 Å². The number of fused-ring (bicyclic) bond motifs is 3. The fourth-order valence-corrected chi connectivity index (χ4v) is 2.53. The van der Waals surface area contributed by atoms with E-state index in [1.54, 1.807) is 4.90 Å². The molecule has 3 rings (SSSR count). The van der Waals surface area contributed by atoms with Crippen LogP contribution in [0.5, 0.6) is 0 Å². The Labute approximate surface area is 88.6 Å². The predicted octanol–water partition coefficient (Wildman–Crippen LogP) is 1.03. The molecule has 15 heavy (non-hydrogen) atoms. The molecule has 0 aromatic carbocycles. The van der Waals surface area contributed by atoms with Crippen LogP contribution in [0.2, 0.25) is 0 Å². The Morgan fingerprint density at radius 2 is 2.00 bits per heavy atom. The molecule has 0 unspecified atom stereocenters. The zero-order valence-corrected chi connectivity index (χ0v) is 8.61. The number of carboxylic acid groups (broad SMARTS) is 1. The van der Waals surface area contributed by atoms with Crippen molar-refractivity contribution in [3.05, 3.63) is 12.2 Å². The van der Waals surface area contributed by atoms with Gasteiger partial charge >= 0.3 is 5.97 Å². The molecule has 2 heterocycles. The Balaban J connectivity index is 2.06. The number of carbonyl (C=O) groups is 2. The summed E-state index contributed by atoms with van der Waals surface area (Å²) >= 11 is 0. The average molecular weight is 209 g/mol. The third-order valence-electron chi connectivity index (χ3n) is 3.43. The summed E-state index contributed by atoms with van der Waals surface area (Å²) in [6.45, 7) is 3.66. The molecule has 0 atom stereocenters. The first-order valence-corrected chi connectivity index (χ1v) is 5.31. The van der Waals surface area contributed by atoms with Crippen LogP contribution in [0.1, 0.15) is 25.7 Å². The second-order valence-corrected chi connectivity index (χ2v) is 4.38. The molecule has 3 fully saturated rings. The fourth-order valence-electron chi connectivity index (χ4n) is 2.53. The number of piperidine rings is 2. The zero-order valence-electron chi connectivity index (χ0n) is 8.61. The van der Waals surface area contributed by atoms with Gasteiger partial charge in [0.2, 0.25) is 5.91 Å². The van der Waals surface area contributed by atoms with Crippen LogP contribution < -0.4 is 0 Å². The summed E-state index contributed by atoms with van der Waals surface area (Å²) in [5.74, 6) is -0.749. The minimum absolute atomic E-state index is 0.107. The van der Waals surface area contributed by atoms with Gasteiger partial charge in [0, 0.05) is 17.5 Å². The monoisotopic (exact) mass is 209 g/mol. The third kappa shape index (κ3) is 1.76. The molecule has 1 N–H and O–H groups in total. The standard InChI is InChI=1S/C11H15NO3/c1-7(11(14)15)6-12-9-4-2-8(3-5-9)10(12)13/h8-9H,1-6H2,(H,14,15). The Bertz CT molecular complexity index is 316. The van der Waals surface area contributed by atoms with Crippen molar-refractivity contribution in [1.82, 2.24) is 4.90 Å². The number of hydrogen-bond acceptors (Lipinski definition) is 2. The number of carbonyl (C=O) groups excluding carboxylic acids is 1. The fraction of sp³-hybridized carbons (Fsp3) is 0.636. The minimum atomic E-state index is -1.01.